The number of hydrogen-bond donors (Lipinski definition) is 3. The van der Waals surface area contributed by atoms with E-state index in [0.29, 0.717) is 27.3 Å². The zero-order chi connectivity index (χ0) is 16.9. The van der Waals surface area contributed by atoms with Gasteiger partial charge in [0, 0.05) is 24.1 Å². The van der Waals surface area contributed by atoms with Crippen molar-refractivity contribution in [2.24, 2.45) is 0 Å². The molecule has 0 unspecified atom stereocenters. The fraction of sp³-hybridized carbons (Fsp3) is 0.0667. The maximum Gasteiger partial charge on any atom is 0.257 e. The molecule has 0 fully saturated rings. The van der Waals surface area contributed by atoms with Crippen LogP contribution in [0.5, 0.6) is 5.75 Å². The molecule has 3 aromatic rings. The first-order chi connectivity index (χ1) is 11.6. The third kappa shape index (κ3) is 3.82. The van der Waals surface area contributed by atoms with Gasteiger partial charge in [-0.3, -0.25) is 10.1 Å². The quantitative estimate of drug-likeness (QED) is 0.657. The molecule has 9 heteroatoms. The second kappa shape index (κ2) is 7.01. The van der Waals surface area contributed by atoms with Crippen LogP contribution in [0.4, 0.5) is 21.2 Å². The van der Waals surface area contributed by atoms with Gasteiger partial charge < -0.3 is 10.4 Å². The van der Waals surface area contributed by atoms with Gasteiger partial charge in [-0.25, -0.2) is 19.3 Å². The molecule has 1 amide bonds. The van der Waals surface area contributed by atoms with Crippen LogP contribution in [-0.2, 0) is 4.79 Å². The minimum atomic E-state index is -1.10. The van der Waals surface area contributed by atoms with Crippen molar-refractivity contribution in [3.8, 4) is 16.3 Å². The van der Waals surface area contributed by atoms with E-state index in [2.05, 4.69) is 25.6 Å². The number of amides is 1. The molecule has 0 aliphatic carbocycles. The van der Waals surface area contributed by atoms with Gasteiger partial charge in [-0.15, -0.1) is 0 Å². The number of carbonyl (C=O) groups is 1. The molecule has 0 saturated carbocycles. The van der Waals surface area contributed by atoms with Crippen LogP contribution < -0.4 is 10.6 Å². The summed E-state index contributed by atoms with van der Waals surface area (Å²) >= 11 is 1.18. The maximum absolute atomic E-state index is 12.2. The lowest BCUT2D eigenvalue weighted by Gasteiger charge is -2.05. The van der Waals surface area contributed by atoms with E-state index in [1.165, 1.54) is 11.3 Å². The molecule has 24 heavy (non-hydrogen) atoms. The molecule has 3 rings (SSSR count). The number of thiazole rings is 1. The number of benzene rings is 1. The number of halogens is 1. The van der Waals surface area contributed by atoms with E-state index in [1.54, 1.807) is 42.7 Å². The van der Waals surface area contributed by atoms with Crippen molar-refractivity contribution in [2.45, 2.75) is 0 Å². The number of phenols is 1. The highest BCUT2D eigenvalue weighted by Crippen LogP contribution is 2.28. The molecule has 0 spiro atoms. The molecular weight excluding hydrogens is 333 g/mol. The van der Waals surface area contributed by atoms with Crippen molar-refractivity contribution in [3.63, 3.8) is 0 Å². The summed E-state index contributed by atoms with van der Waals surface area (Å²) in [6.45, 7) is -1.10. The van der Waals surface area contributed by atoms with Crippen molar-refractivity contribution >= 4 is 34.0 Å². The zero-order valence-electron chi connectivity index (χ0n) is 12.2. The summed E-state index contributed by atoms with van der Waals surface area (Å²) < 4.78 is 12.2. The summed E-state index contributed by atoms with van der Waals surface area (Å²) in [7, 11) is 0. The molecule has 0 aliphatic rings. The number of nitrogens with zero attached hydrogens (tertiary/aromatic N) is 3. The van der Waals surface area contributed by atoms with Crippen molar-refractivity contribution in [2.75, 3.05) is 17.3 Å². The Morgan fingerprint density at radius 1 is 1.29 bits per heavy atom. The van der Waals surface area contributed by atoms with Crippen LogP contribution in [0.15, 0.2) is 42.7 Å². The minimum absolute atomic E-state index is 0.131. The third-order valence-electron chi connectivity index (χ3n) is 2.88. The Balaban J connectivity index is 1.79. The topological polar surface area (TPSA) is 100 Å². The monoisotopic (exact) mass is 345 g/mol. The van der Waals surface area contributed by atoms with Gasteiger partial charge in [0.25, 0.3) is 5.91 Å². The molecule has 0 bridgehead atoms. The average molecular weight is 345 g/mol. The molecule has 1 aromatic carbocycles. The third-order valence-corrected chi connectivity index (χ3v) is 3.82. The van der Waals surface area contributed by atoms with Gasteiger partial charge in [0.15, 0.2) is 11.8 Å². The van der Waals surface area contributed by atoms with Crippen LogP contribution in [-0.4, -0.2) is 32.6 Å². The van der Waals surface area contributed by atoms with Gasteiger partial charge in [-0.1, -0.05) is 17.4 Å². The molecular formula is C15H12FN5O2S. The summed E-state index contributed by atoms with van der Waals surface area (Å²) in [6.07, 6.45) is 3.12. The lowest BCUT2D eigenvalue weighted by atomic mass is 10.3. The predicted molar refractivity (Wildman–Crippen MR) is 89.1 cm³/mol. The number of nitrogens with one attached hydrogen (secondary N) is 2. The van der Waals surface area contributed by atoms with Gasteiger partial charge >= 0.3 is 0 Å². The lowest BCUT2D eigenvalue weighted by molar-refractivity contribution is -0.117. The number of hydrogen-bond acceptors (Lipinski definition) is 7. The van der Waals surface area contributed by atoms with Crippen LogP contribution in [0, 0.1) is 0 Å². The highest BCUT2D eigenvalue weighted by Gasteiger charge is 2.10. The number of anilines is 3. The maximum atomic E-state index is 12.2. The second-order valence-electron chi connectivity index (χ2n) is 4.65. The normalized spacial score (nSPS) is 10.4. The molecule has 0 atom stereocenters. The molecule has 0 radical (unpaired) electrons. The number of phenolic OH excluding ortho intramolecular Hbond substituents is 1. The highest BCUT2D eigenvalue weighted by atomic mass is 32.1. The molecule has 2 heterocycles. The SMILES string of the molecule is O=C(CF)Nc1ncc(-c2ccnc(Nc3cccc(O)c3)n2)s1. The van der Waals surface area contributed by atoms with Crippen molar-refractivity contribution in [1.82, 2.24) is 15.0 Å². The fourth-order valence-corrected chi connectivity index (χ4v) is 2.67. The lowest BCUT2D eigenvalue weighted by Crippen LogP contribution is -2.12. The summed E-state index contributed by atoms with van der Waals surface area (Å²) in [4.78, 5) is 24.2. The Morgan fingerprint density at radius 3 is 2.96 bits per heavy atom. The summed E-state index contributed by atoms with van der Waals surface area (Å²) in [5.74, 6) is -0.266. The van der Waals surface area contributed by atoms with Crippen LogP contribution in [0.1, 0.15) is 0 Å². The van der Waals surface area contributed by atoms with E-state index >= 15 is 0 Å². The van der Waals surface area contributed by atoms with Gasteiger partial charge in [0.2, 0.25) is 5.95 Å². The Labute approximate surface area is 140 Å². The summed E-state index contributed by atoms with van der Waals surface area (Å²) in [6, 6.07) is 8.28. The first-order valence-corrected chi connectivity index (χ1v) is 7.67. The molecule has 2 aromatic heterocycles. The van der Waals surface area contributed by atoms with E-state index in [4.69, 9.17) is 0 Å². The summed E-state index contributed by atoms with van der Waals surface area (Å²) in [5.41, 5.74) is 1.25. The predicted octanol–water partition coefficient (Wildman–Crippen LogP) is 2.96. The summed E-state index contributed by atoms with van der Waals surface area (Å²) in [5, 5.41) is 15.1. The van der Waals surface area contributed by atoms with Crippen LogP contribution in [0.2, 0.25) is 0 Å². The Bertz CT molecular complexity index is 870. The van der Waals surface area contributed by atoms with Gasteiger partial charge in [0.1, 0.15) is 5.75 Å². The van der Waals surface area contributed by atoms with E-state index in [-0.39, 0.29) is 5.75 Å². The second-order valence-corrected chi connectivity index (χ2v) is 5.68. The minimum Gasteiger partial charge on any atom is -0.508 e. The van der Waals surface area contributed by atoms with Crippen LogP contribution in [0.3, 0.4) is 0 Å². The number of alkyl halides is 1. The van der Waals surface area contributed by atoms with Crippen molar-refractivity contribution < 1.29 is 14.3 Å². The molecule has 0 aliphatic heterocycles. The van der Waals surface area contributed by atoms with E-state index < -0.39 is 12.6 Å². The molecule has 0 saturated heterocycles. The van der Waals surface area contributed by atoms with Crippen LogP contribution >= 0.6 is 11.3 Å². The first-order valence-electron chi connectivity index (χ1n) is 6.85. The van der Waals surface area contributed by atoms with Gasteiger partial charge in [-0.2, -0.15) is 0 Å². The molecule has 7 nitrogen and oxygen atoms in total. The number of aromatic nitrogens is 3. The van der Waals surface area contributed by atoms with E-state index in [1.807, 2.05) is 0 Å². The van der Waals surface area contributed by atoms with E-state index in [0.717, 1.165) is 0 Å². The van der Waals surface area contributed by atoms with Crippen molar-refractivity contribution in [1.29, 1.82) is 0 Å². The van der Waals surface area contributed by atoms with Crippen molar-refractivity contribution in [3.05, 3.63) is 42.7 Å². The largest absolute Gasteiger partial charge is 0.508 e. The molecule has 3 N–H and O–H groups in total. The average Bonchev–Trinajstić information content (AvgIpc) is 3.03. The Kier molecular flexibility index (Phi) is 4.62. The first kappa shape index (κ1) is 15.8. The number of aromatic hydroxyl groups is 1. The zero-order valence-corrected chi connectivity index (χ0v) is 13.0. The van der Waals surface area contributed by atoms with Gasteiger partial charge in [0.05, 0.1) is 10.6 Å². The number of carbonyl (C=O) groups excluding carboxylic acids is 1. The van der Waals surface area contributed by atoms with E-state index in [9.17, 15) is 14.3 Å². The van der Waals surface area contributed by atoms with Crippen LogP contribution in [0.25, 0.3) is 10.6 Å². The standard InChI is InChI=1S/C15H12FN5O2S/c16-7-13(23)21-15-18-8-12(24-15)11-4-5-17-14(20-11)19-9-2-1-3-10(22)6-9/h1-6,8,22H,7H2,(H,17,19,20)(H,18,21,23). The van der Waals surface area contributed by atoms with Gasteiger partial charge in [-0.05, 0) is 18.2 Å². The fourth-order valence-electron chi connectivity index (χ4n) is 1.87. The smallest absolute Gasteiger partial charge is 0.257 e. The highest BCUT2D eigenvalue weighted by molar-refractivity contribution is 7.19. The molecule has 122 valence electrons. The number of rotatable bonds is 5. The Morgan fingerprint density at radius 2 is 2.17 bits per heavy atom. The Hall–Kier alpha value is -3.07.